The van der Waals surface area contributed by atoms with Crippen LogP contribution in [0.15, 0.2) is 48.5 Å². The van der Waals surface area contributed by atoms with Crippen LogP contribution in [0.3, 0.4) is 0 Å². The minimum absolute atomic E-state index is 0.235. The molecule has 0 amide bonds. The highest BCUT2D eigenvalue weighted by Gasteiger charge is 2.03. The zero-order valence-corrected chi connectivity index (χ0v) is 11.4. The maximum atomic E-state index is 13.4. The van der Waals surface area contributed by atoms with E-state index in [0.29, 0.717) is 12.4 Å². The molecule has 0 aromatic heterocycles. The quantitative estimate of drug-likeness (QED) is 0.786. The summed E-state index contributed by atoms with van der Waals surface area (Å²) in [7, 11) is 1.68. The summed E-state index contributed by atoms with van der Waals surface area (Å²) in [4.78, 5) is 0. The van der Waals surface area contributed by atoms with Crippen molar-refractivity contribution in [1.29, 1.82) is 0 Å². The fourth-order valence-electron chi connectivity index (χ4n) is 1.74. The van der Waals surface area contributed by atoms with Gasteiger partial charge in [0.2, 0.25) is 0 Å². The van der Waals surface area contributed by atoms with Gasteiger partial charge < -0.3 is 14.8 Å². The summed E-state index contributed by atoms with van der Waals surface area (Å²) in [6.07, 6.45) is 0. The molecule has 1 N–H and O–H groups in total. The van der Waals surface area contributed by atoms with E-state index < -0.39 is 0 Å². The third-order valence-corrected chi connectivity index (χ3v) is 2.80. The smallest absolute Gasteiger partial charge is 0.165 e. The molecule has 20 heavy (non-hydrogen) atoms. The van der Waals surface area contributed by atoms with Gasteiger partial charge in [0.15, 0.2) is 11.6 Å². The van der Waals surface area contributed by atoms with Crippen LogP contribution in [-0.2, 0) is 11.3 Å². The summed E-state index contributed by atoms with van der Waals surface area (Å²) >= 11 is 0. The van der Waals surface area contributed by atoms with E-state index in [1.54, 1.807) is 25.3 Å². The summed E-state index contributed by atoms with van der Waals surface area (Å²) in [5.74, 6) is 0.493. The molecule has 3 nitrogen and oxygen atoms in total. The third-order valence-electron chi connectivity index (χ3n) is 2.80. The summed E-state index contributed by atoms with van der Waals surface area (Å²) in [5.41, 5.74) is 1.14. The van der Waals surface area contributed by atoms with Crippen molar-refractivity contribution in [3.8, 4) is 11.5 Å². The van der Waals surface area contributed by atoms with Crippen LogP contribution < -0.4 is 10.1 Å². The van der Waals surface area contributed by atoms with E-state index in [2.05, 4.69) is 5.32 Å². The lowest BCUT2D eigenvalue weighted by Gasteiger charge is -2.08. The predicted octanol–water partition coefficient (Wildman–Crippen LogP) is 3.35. The summed E-state index contributed by atoms with van der Waals surface area (Å²) in [6.45, 7) is 2.27. The lowest BCUT2D eigenvalue weighted by atomic mass is 10.2. The van der Waals surface area contributed by atoms with Crippen molar-refractivity contribution in [3.05, 3.63) is 59.9 Å². The van der Waals surface area contributed by atoms with Crippen molar-refractivity contribution in [2.75, 3.05) is 20.3 Å². The molecule has 0 aliphatic carbocycles. The average Bonchev–Trinajstić information content (AvgIpc) is 2.48. The van der Waals surface area contributed by atoms with Gasteiger partial charge in [-0.2, -0.15) is 0 Å². The molecule has 0 aliphatic heterocycles. The second kappa shape index (κ2) is 7.62. The lowest BCUT2D eigenvalue weighted by Crippen LogP contribution is -2.18. The first-order valence-corrected chi connectivity index (χ1v) is 6.50. The minimum Gasteiger partial charge on any atom is -0.454 e. The first-order chi connectivity index (χ1) is 9.79. The van der Waals surface area contributed by atoms with Gasteiger partial charge in [-0.25, -0.2) is 4.39 Å². The van der Waals surface area contributed by atoms with Gasteiger partial charge in [0.25, 0.3) is 0 Å². The van der Waals surface area contributed by atoms with Crippen LogP contribution in [0.2, 0.25) is 0 Å². The fourth-order valence-corrected chi connectivity index (χ4v) is 1.74. The zero-order chi connectivity index (χ0) is 14.2. The Balaban J connectivity index is 1.90. The Morgan fingerprint density at radius 1 is 1.05 bits per heavy atom. The number of hydrogen-bond donors (Lipinski definition) is 1. The Bertz CT molecular complexity index is 528. The molecule has 0 radical (unpaired) electrons. The number of ether oxygens (including phenoxy) is 2. The predicted molar refractivity (Wildman–Crippen MR) is 76.5 cm³/mol. The molecule has 0 aliphatic rings. The number of nitrogens with one attached hydrogen (secondary N) is 1. The van der Waals surface area contributed by atoms with Crippen LogP contribution >= 0.6 is 0 Å². The number of methoxy groups -OCH3 is 1. The molecule has 2 rings (SSSR count). The lowest BCUT2D eigenvalue weighted by molar-refractivity contribution is 0.199. The van der Waals surface area contributed by atoms with Crippen LogP contribution in [0.25, 0.3) is 0 Å². The molecule has 0 saturated heterocycles. The molecule has 2 aromatic rings. The molecular weight excluding hydrogens is 257 g/mol. The van der Waals surface area contributed by atoms with Crippen LogP contribution in [-0.4, -0.2) is 20.3 Å². The number of para-hydroxylation sites is 1. The van der Waals surface area contributed by atoms with Gasteiger partial charge in [-0.3, -0.25) is 0 Å². The van der Waals surface area contributed by atoms with Crippen molar-refractivity contribution in [3.63, 3.8) is 0 Å². The Morgan fingerprint density at radius 2 is 1.80 bits per heavy atom. The topological polar surface area (TPSA) is 30.5 Å². The molecule has 0 saturated carbocycles. The van der Waals surface area contributed by atoms with Crippen LogP contribution in [0, 0.1) is 5.82 Å². The van der Waals surface area contributed by atoms with Gasteiger partial charge in [0.05, 0.1) is 6.61 Å². The van der Waals surface area contributed by atoms with Gasteiger partial charge in [0, 0.05) is 20.2 Å². The minimum atomic E-state index is -0.363. The molecule has 0 bridgehead atoms. The van der Waals surface area contributed by atoms with Crippen molar-refractivity contribution in [2.24, 2.45) is 0 Å². The van der Waals surface area contributed by atoms with E-state index in [-0.39, 0.29) is 11.6 Å². The van der Waals surface area contributed by atoms with E-state index >= 15 is 0 Å². The molecule has 2 aromatic carbocycles. The Hall–Kier alpha value is -1.91. The van der Waals surface area contributed by atoms with E-state index in [1.807, 2.05) is 24.3 Å². The van der Waals surface area contributed by atoms with Crippen LogP contribution in [0.4, 0.5) is 4.39 Å². The highest BCUT2D eigenvalue weighted by molar-refractivity contribution is 5.33. The molecule has 0 spiro atoms. The second-order valence-corrected chi connectivity index (χ2v) is 4.35. The average molecular weight is 275 g/mol. The van der Waals surface area contributed by atoms with Crippen molar-refractivity contribution in [2.45, 2.75) is 6.54 Å². The van der Waals surface area contributed by atoms with Gasteiger partial charge in [-0.05, 0) is 29.8 Å². The summed E-state index contributed by atoms with van der Waals surface area (Å²) in [6, 6.07) is 13.9. The van der Waals surface area contributed by atoms with Crippen molar-refractivity contribution < 1.29 is 13.9 Å². The van der Waals surface area contributed by atoms with E-state index in [4.69, 9.17) is 9.47 Å². The summed E-state index contributed by atoms with van der Waals surface area (Å²) < 4.78 is 23.9. The SMILES string of the molecule is COCCNCc1ccc(Oc2ccccc2F)cc1. The summed E-state index contributed by atoms with van der Waals surface area (Å²) in [5, 5.41) is 3.26. The van der Waals surface area contributed by atoms with Gasteiger partial charge >= 0.3 is 0 Å². The normalized spacial score (nSPS) is 10.5. The molecule has 0 fully saturated rings. The van der Waals surface area contributed by atoms with Crippen LogP contribution in [0.5, 0.6) is 11.5 Å². The van der Waals surface area contributed by atoms with Gasteiger partial charge in [0.1, 0.15) is 5.75 Å². The molecular formula is C16H18FNO2. The maximum Gasteiger partial charge on any atom is 0.165 e. The number of rotatable bonds is 7. The van der Waals surface area contributed by atoms with E-state index in [9.17, 15) is 4.39 Å². The fraction of sp³-hybridized carbons (Fsp3) is 0.250. The first kappa shape index (κ1) is 14.5. The molecule has 0 heterocycles. The Labute approximate surface area is 118 Å². The Kier molecular flexibility index (Phi) is 5.53. The van der Waals surface area contributed by atoms with Crippen molar-refractivity contribution >= 4 is 0 Å². The van der Waals surface area contributed by atoms with Gasteiger partial charge in [-0.15, -0.1) is 0 Å². The van der Waals surface area contributed by atoms with Gasteiger partial charge in [-0.1, -0.05) is 24.3 Å². The number of hydrogen-bond acceptors (Lipinski definition) is 3. The van der Waals surface area contributed by atoms with E-state index in [1.165, 1.54) is 6.07 Å². The zero-order valence-electron chi connectivity index (χ0n) is 11.4. The molecule has 0 unspecified atom stereocenters. The molecule has 4 heteroatoms. The number of halogens is 1. The first-order valence-electron chi connectivity index (χ1n) is 6.50. The standard InChI is InChI=1S/C16H18FNO2/c1-19-11-10-18-12-13-6-8-14(9-7-13)20-16-5-3-2-4-15(16)17/h2-9,18H,10-12H2,1H3. The highest BCUT2D eigenvalue weighted by Crippen LogP contribution is 2.24. The monoisotopic (exact) mass is 275 g/mol. The third kappa shape index (κ3) is 4.33. The molecule has 106 valence electrons. The van der Waals surface area contributed by atoms with E-state index in [0.717, 1.165) is 18.7 Å². The Morgan fingerprint density at radius 3 is 2.50 bits per heavy atom. The number of benzene rings is 2. The molecule has 0 atom stereocenters. The highest BCUT2D eigenvalue weighted by atomic mass is 19.1. The largest absolute Gasteiger partial charge is 0.454 e. The maximum absolute atomic E-state index is 13.4. The van der Waals surface area contributed by atoms with Crippen LogP contribution in [0.1, 0.15) is 5.56 Å². The van der Waals surface area contributed by atoms with Crippen molar-refractivity contribution in [1.82, 2.24) is 5.32 Å². The second-order valence-electron chi connectivity index (χ2n) is 4.35.